The average molecular weight is 118 g/mol. The van der Waals surface area contributed by atoms with Crippen LogP contribution in [0.5, 0.6) is 0 Å². The van der Waals surface area contributed by atoms with Crippen LogP contribution in [0.15, 0.2) is 0 Å². The Labute approximate surface area is 47.3 Å². The highest BCUT2D eigenvalue weighted by atomic mass is 32.1. The highest BCUT2D eigenvalue weighted by Crippen LogP contribution is 2.12. The van der Waals surface area contributed by atoms with E-state index in [1.807, 2.05) is 0 Å². The number of rotatable bonds is 1. The molecule has 0 amide bonds. The van der Waals surface area contributed by atoms with Gasteiger partial charge in [0.1, 0.15) is 6.61 Å². The first-order valence-electron chi connectivity index (χ1n) is 2.12. The second kappa shape index (κ2) is 1.74. The minimum absolute atomic E-state index is 0.0864. The molecule has 0 aromatic carbocycles. The third kappa shape index (κ3) is 0.725. The molecule has 3 heteroatoms. The number of hydrogen-bond donors (Lipinski definition) is 1. The van der Waals surface area contributed by atoms with Gasteiger partial charge in [0.2, 0.25) is 0 Å². The Bertz CT molecular complexity index is 89.7. The monoisotopic (exact) mass is 118 g/mol. The number of thiol groups is 1. The van der Waals surface area contributed by atoms with Gasteiger partial charge in [0, 0.05) is 5.75 Å². The summed E-state index contributed by atoms with van der Waals surface area (Å²) in [6.07, 6.45) is 0. The summed E-state index contributed by atoms with van der Waals surface area (Å²) in [5.74, 6) is 0.608. The van der Waals surface area contributed by atoms with E-state index in [2.05, 4.69) is 17.4 Å². The fourth-order valence-electron chi connectivity index (χ4n) is 0.396. The van der Waals surface area contributed by atoms with Gasteiger partial charge < -0.3 is 4.74 Å². The number of carbonyl (C=O) groups is 1. The Balaban J connectivity index is 2.29. The molecule has 1 atom stereocenters. The molecule has 1 unspecified atom stereocenters. The highest BCUT2D eigenvalue weighted by Gasteiger charge is 2.28. The molecule has 0 spiro atoms. The van der Waals surface area contributed by atoms with Gasteiger partial charge in [0.05, 0.1) is 5.92 Å². The van der Waals surface area contributed by atoms with E-state index in [0.717, 1.165) is 0 Å². The lowest BCUT2D eigenvalue weighted by molar-refractivity contribution is -0.166. The molecule has 7 heavy (non-hydrogen) atoms. The van der Waals surface area contributed by atoms with Crippen LogP contribution in [0.3, 0.4) is 0 Å². The van der Waals surface area contributed by atoms with Crippen LogP contribution in [0, 0.1) is 5.92 Å². The molecule has 2 nitrogen and oxygen atoms in total. The Morgan fingerprint density at radius 3 is 2.71 bits per heavy atom. The van der Waals surface area contributed by atoms with Crippen molar-refractivity contribution < 1.29 is 9.53 Å². The maximum atomic E-state index is 10.2. The van der Waals surface area contributed by atoms with Crippen LogP contribution in [-0.4, -0.2) is 18.3 Å². The summed E-state index contributed by atoms with van der Waals surface area (Å²) in [5.41, 5.74) is 0. The molecular formula is C4H6O2S. The van der Waals surface area contributed by atoms with Gasteiger partial charge in [-0.05, 0) is 0 Å². The van der Waals surface area contributed by atoms with Gasteiger partial charge in [-0.15, -0.1) is 0 Å². The smallest absolute Gasteiger partial charge is 0.313 e. The average Bonchev–Trinajstić information content (AvgIpc) is 1.65. The zero-order valence-electron chi connectivity index (χ0n) is 3.76. The lowest BCUT2D eigenvalue weighted by Crippen LogP contribution is -2.35. The van der Waals surface area contributed by atoms with Crippen LogP contribution in [0.2, 0.25) is 0 Å². The molecule has 40 valence electrons. The molecule has 0 bridgehead atoms. The Morgan fingerprint density at radius 2 is 2.71 bits per heavy atom. The molecule has 0 aromatic heterocycles. The fourth-order valence-corrected chi connectivity index (χ4v) is 0.651. The van der Waals surface area contributed by atoms with Crippen molar-refractivity contribution in [1.29, 1.82) is 0 Å². The van der Waals surface area contributed by atoms with Crippen LogP contribution in [0.4, 0.5) is 0 Å². The summed E-state index contributed by atoms with van der Waals surface area (Å²) in [6.45, 7) is 0.572. The van der Waals surface area contributed by atoms with E-state index in [1.165, 1.54) is 0 Å². The largest absolute Gasteiger partial charge is 0.464 e. The third-order valence-corrected chi connectivity index (χ3v) is 1.42. The van der Waals surface area contributed by atoms with Crippen LogP contribution >= 0.6 is 12.6 Å². The second-order valence-electron chi connectivity index (χ2n) is 1.51. The molecule has 0 radical (unpaired) electrons. The summed E-state index contributed by atoms with van der Waals surface area (Å²) in [7, 11) is 0. The van der Waals surface area contributed by atoms with E-state index in [0.29, 0.717) is 12.4 Å². The van der Waals surface area contributed by atoms with E-state index < -0.39 is 0 Å². The molecule has 0 saturated carbocycles. The number of ether oxygens (including phenoxy) is 1. The minimum atomic E-state index is -0.102. The van der Waals surface area contributed by atoms with Gasteiger partial charge in [0.15, 0.2) is 0 Å². The molecule has 1 aliphatic rings. The van der Waals surface area contributed by atoms with E-state index >= 15 is 0 Å². The molecule has 1 fully saturated rings. The molecule has 1 aliphatic heterocycles. The van der Waals surface area contributed by atoms with E-state index in [9.17, 15) is 4.79 Å². The molecular weight excluding hydrogens is 112 g/mol. The summed E-state index contributed by atoms with van der Waals surface area (Å²) in [5, 5.41) is 0. The van der Waals surface area contributed by atoms with Gasteiger partial charge in [-0.25, -0.2) is 0 Å². The summed E-state index contributed by atoms with van der Waals surface area (Å²) in [6, 6.07) is 0. The zero-order chi connectivity index (χ0) is 5.28. The van der Waals surface area contributed by atoms with E-state index in [1.54, 1.807) is 0 Å². The van der Waals surface area contributed by atoms with Gasteiger partial charge in [0.25, 0.3) is 0 Å². The fraction of sp³-hybridized carbons (Fsp3) is 0.750. The lowest BCUT2D eigenvalue weighted by atomic mass is 10.1. The molecule has 0 aromatic rings. The van der Waals surface area contributed by atoms with Gasteiger partial charge >= 0.3 is 5.97 Å². The third-order valence-electron chi connectivity index (χ3n) is 0.980. The number of esters is 1. The van der Waals surface area contributed by atoms with Crippen molar-refractivity contribution in [3.63, 3.8) is 0 Å². The summed E-state index contributed by atoms with van der Waals surface area (Å²) < 4.78 is 4.45. The lowest BCUT2D eigenvalue weighted by Gasteiger charge is -2.21. The van der Waals surface area contributed by atoms with Crippen molar-refractivity contribution in [2.75, 3.05) is 12.4 Å². The first kappa shape index (κ1) is 4.97. The topological polar surface area (TPSA) is 26.3 Å². The number of carbonyl (C=O) groups excluding carboxylic acids is 1. The SMILES string of the molecule is O=C1OCC1CS. The van der Waals surface area contributed by atoms with Crippen LogP contribution < -0.4 is 0 Å². The van der Waals surface area contributed by atoms with Crippen molar-refractivity contribution in [3.05, 3.63) is 0 Å². The summed E-state index contributed by atoms with van der Waals surface area (Å²) in [4.78, 5) is 10.2. The first-order chi connectivity index (χ1) is 3.34. The first-order valence-corrected chi connectivity index (χ1v) is 2.75. The van der Waals surface area contributed by atoms with Gasteiger partial charge in [-0.3, -0.25) is 4.79 Å². The molecule has 1 saturated heterocycles. The molecule has 0 aliphatic carbocycles. The van der Waals surface area contributed by atoms with Gasteiger partial charge in [-0.2, -0.15) is 12.6 Å². The Kier molecular flexibility index (Phi) is 1.23. The van der Waals surface area contributed by atoms with Crippen molar-refractivity contribution in [2.24, 2.45) is 5.92 Å². The molecule has 0 N–H and O–H groups in total. The maximum Gasteiger partial charge on any atom is 0.313 e. The minimum Gasteiger partial charge on any atom is -0.464 e. The predicted octanol–water partition coefficient (Wildman–Crippen LogP) is 0.0892. The van der Waals surface area contributed by atoms with E-state index in [-0.39, 0.29) is 11.9 Å². The van der Waals surface area contributed by atoms with Crippen LogP contribution in [0.25, 0.3) is 0 Å². The van der Waals surface area contributed by atoms with Gasteiger partial charge in [-0.1, -0.05) is 0 Å². The summed E-state index contributed by atoms with van der Waals surface area (Å²) >= 11 is 3.91. The molecule has 1 heterocycles. The quantitative estimate of drug-likeness (QED) is 0.390. The van der Waals surface area contributed by atoms with Crippen LogP contribution in [-0.2, 0) is 9.53 Å². The van der Waals surface area contributed by atoms with E-state index in [4.69, 9.17) is 0 Å². The standard InChI is InChI=1S/C4H6O2S/c5-4-3(2-7)1-6-4/h3,7H,1-2H2. The number of hydrogen-bond acceptors (Lipinski definition) is 3. The number of cyclic esters (lactones) is 1. The highest BCUT2D eigenvalue weighted by molar-refractivity contribution is 7.80. The predicted molar refractivity (Wildman–Crippen MR) is 28.3 cm³/mol. The van der Waals surface area contributed by atoms with Crippen molar-refractivity contribution in [2.45, 2.75) is 0 Å². The molecule has 1 rings (SSSR count). The van der Waals surface area contributed by atoms with Crippen molar-refractivity contribution in [1.82, 2.24) is 0 Å². The zero-order valence-corrected chi connectivity index (χ0v) is 4.65. The Morgan fingerprint density at radius 1 is 2.00 bits per heavy atom. The Hall–Kier alpha value is -0.180. The maximum absolute atomic E-state index is 10.2. The normalized spacial score (nSPS) is 28.7. The van der Waals surface area contributed by atoms with Crippen molar-refractivity contribution >= 4 is 18.6 Å². The van der Waals surface area contributed by atoms with Crippen LogP contribution in [0.1, 0.15) is 0 Å². The van der Waals surface area contributed by atoms with Crippen molar-refractivity contribution in [3.8, 4) is 0 Å². The second-order valence-corrected chi connectivity index (χ2v) is 1.87.